The molecule has 3 aromatic rings. The van der Waals surface area contributed by atoms with Crippen LogP contribution in [-0.4, -0.2) is 14.9 Å². The summed E-state index contributed by atoms with van der Waals surface area (Å²) in [5.74, 6) is 0.309. The molecule has 1 heterocycles. The quantitative estimate of drug-likeness (QED) is 0.284. The van der Waals surface area contributed by atoms with Crippen molar-refractivity contribution >= 4 is 12.2 Å². The standard InChI is InChI=1S/C17H14F3N3O3S/c18-17(19,20)16-14(10-24)15(11-4-2-1-3-5-11)23(22-16)12-6-8-13(9-7-12)25-26-27-21/h1-9,24H,10,21H2. The molecule has 6 nitrogen and oxygen atoms in total. The molecule has 0 atom stereocenters. The van der Waals surface area contributed by atoms with Gasteiger partial charge >= 0.3 is 6.18 Å². The number of aliphatic hydroxyl groups is 1. The first-order chi connectivity index (χ1) is 13.0. The summed E-state index contributed by atoms with van der Waals surface area (Å²) < 4.78 is 46.0. The minimum absolute atomic E-state index is 0.160. The van der Waals surface area contributed by atoms with E-state index in [1.165, 1.54) is 24.3 Å². The van der Waals surface area contributed by atoms with E-state index in [0.717, 1.165) is 4.68 Å². The van der Waals surface area contributed by atoms with Crippen molar-refractivity contribution in [3.63, 3.8) is 0 Å². The lowest BCUT2D eigenvalue weighted by atomic mass is 10.1. The SMILES string of the molecule is NSOOc1ccc(-n2nc(C(F)(F)F)c(CO)c2-c2ccccc2)cc1. The van der Waals surface area contributed by atoms with Crippen molar-refractivity contribution in [3.05, 3.63) is 65.9 Å². The Labute approximate surface area is 156 Å². The van der Waals surface area contributed by atoms with Crippen LogP contribution in [-0.2, 0) is 17.1 Å². The molecule has 0 amide bonds. The number of aliphatic hydroxyl groups excluding tert-OH is 1. The highest BCUT2D eigenvalue weighted by Gasteiger charge is 2.39. The van der Waals surface area contributed by atoms with Crippen LogP contribution in [0.5, 0.6) is 5.75 Å². The molecule has 2 aromatic carbocycles. The zero-order chi connectivity index (χ0) is 19.4. The molecule has 0 saturated carbocycles. The molecule has 10 heteroatoms. The Kier molecular flexibility index (Phi) is 5.71. The fourth-order valence-corrected chi connectivity index (χ4v) is 2.73. The van der Waals surface area contributed by atoms with Crippen LogP contribution < -0.4 is 10.0 Å². The molecule has 1 aromatic heterocycles. The van der Waals surface area contributed by atoms with Crippen LogP contribution in [0.4, 0.5) is 13.2 Å². The van der Waals surface area contributed by atoms with Crippen molar-refractivity contribution in [1.82, 2.24) is 9.78 Å². The van der Waals surface area contributed by atoms with E-state index in [2.05, 4.69) is 9.43 Å². The van der Waals surface area contributed by atoms with Gasteiger partial charge in [-0.2, -0.15) is 18.3 Å². The summed E-state index contributed by atoms with van der Waals surface area (Å²) in [6.07, 6.45) is -4.71. The molecular formula is C17H14F3N3O3S. The molecule has 0 unspecified atom stereocenters. The van der Waals surface area contributed by atoms with Crippen LogP contribution in [0.1, 0.15) is 11.3 Å². The molecule has 3 rings (SSSR count). The first-order valence-corrected chi connectivity index (χ1v) is 8.42. The van der Waals surface area contributed by atoms with E-state index in [-0.39, 0.29) is 11.3 Å². The Balaban J connectivity index is 2.15. The zero-order valence-corrected chi connectivity index (χ0v) is 14.5. The van der Waals surface area contributed by atoms with Crippen LogP contribution in [0.3, 0.4) is 0 Å². The van der Waals surface area contributed by atoms with Gasteiger partial charge in [-0.1, -0.05) is 34.7 Å². The summed E-state index contributed by atoms with van der Waals surface area (Å²) in [4.78, 5) is 4.85. The highest BCUT2D eigenvalue weighted by Crippen LogP contribution is 2.37. The first kappa shape index (κ1) is 19.2. The van der Waals surface area contributed by atoms with Gasteiger partial charge in [0.15, 0.2) is 11.4 Å². The van der Waals surface area contributed by atoms with Crippen molar-refractivity contribution in [1.29, 1.82) is 0 Å². The van der Waals surface area contributed by atoms with Crippen LogP contribution >= 0.6 is 12.2 Å². The minimum Gasteiger partial charge on any atom is -0.392 e. The largest absolute Gasteiger partial charge is 0.435 e. The van der Waals surface area contributed by atoms with Crippen molar-refractivity contribution in [2.45, 2.75) is 12.8 Å². The summed E-state index contributed by atoms with van der Waals surface area (Å²) in [6, 6.07) is 14.4. The number of hydrogen-bond donors (Lipinski definition) is 2. The number of aromatic nitrogens is 2. The molecule has 0 aliphatic heterocycles. The van der Waals surface area contributed by atoms with Gasteiger partial charge in [0.05, 0.1) is 18.0 Å². The minimum atomic E-state index is -4.71. The number of halogens is 3. The lowest BCUT2D eigenvalue weighted by Gasteiger charge is -2.10. The fourth-order valence-electron chi connectivity index (χ4n) is 2.61. The van der Waals surface area contributed by atoms with E-state index in [9.17, 15) is 18.3 Å². The molecule has 0 aliphatic rings. The Hall–Kier alpha value is -2.53. The third kappa shape index (κ3) is 4.08. The summed E-state index contributed by atoms with van der Waals surface area (Å²) in [5.41, 5.74) is -0.420. The molecule has 0 spiro atoms. The van der Waals surface area contributed by atoms with Crippen LogP contribution in [0, 0.1) is 0 Å². The van der Waals surface area contributed by atoms with Crippen molar-refractivity contribution in [2.75, 3.05) is 0 Å². The monoisotopic (exact) mass is 397 g/mol. The van der Waals surface area contributed by atoms with Gasteiger partial charge in [0.2, 0.25) is 0 Å². The summed E-state index contributed by atoms with van der Waals surface area (Å²) in [7, 11) is 0. The summed E-state index contributed by atoms with van der Waals surface area (Å²) in [5, 5.41) is 18.4. The summed E-state index contributed by atoms with van der Waals surface area (Å²) >= 11 is 0.515. The Morgan fingerprint density at radius 2 is 1.74 bits per heavy atom. The maximum absolute atomic E-state index is 13.4. The van der Waals surface area contributed by atoms with Crippen molar-refractivity contribution in [2.24, 2.45) is 5.14 Å². The Bertz CT molecular complexity index is 900. The molecule has 0 radical (unpaired) electrons. The van der Waals surface area contributed by atoms with Gasteiger partial charge in [0, 0.05) is 11.1 Å². The van der Waals surface area contributed by atoms with E-state index < -0.39 is 18.5 Å². The van der Waals surface area contributed by atoms with E-state index in [1.54, 1.807) is 30.3 Å². The average Bonchev–Trinajstić information content (AvgIpc) is 3.07. The Morgan fingerprint density at radius 1 is 1.07 bits per heavy atom. The van der Waals surface area contributed by atoms with Crippen molar-refractivity contribution < 1.29 is 27.5 Å². The van der Waals surface area contributed by atoms with E-state index >= 15 is 0 Å². The van der Waals surface area contributed by atoms with Gasteiger partial charge in [0.25, 0.3) is 0 Å². The average molecular weight is 397 g/mol. The van der Waals surface area contributed by atoms with E-state index in [4.69, 9.17) is 10.0 Å². The van der Waals surface area contributed by atoms with Gasteiger partial charge in [0.1, 0.15) is 12.2 Å². The predicted octanol–water partition coefficient (Wildman–Crippen LogP) is 3.88. The van der Waals surface area contributed by atoms with Gasteiger partial charge in [-0.05, 0) is 24.3 Å². The van der Waals surface area contributed by atoms with Gasteiger partial charge in [-0.25, -0.2) is 4.68 Å². The molecule has 0 bridgehead atoms. The molecule has 0 aliphatic carbocycles. The zero-order valence-electron chi connectivity index (χ0n) is 13.7. The molecule has 3 N–H and O–H groups in total. The van der Waals surface area contributed by atoms with Crippen molar-refractivity contribution in [3.8, 4) is 22.7 Å². The number of hydrogen-bond acceptors (Lipinski definition) is 6. The molecule has 27 heavy (non-hydrogen) atoms. The second kappa shape index (κ2) is 8.01. The number of benzene rings is 2. The maximum Gasteiger partial charge on any atom is 0.435 e. The lowest BCUT2D eigenvalue weighted by Crippen LogP contribution is -2.09. The normalized spacial score (nSPS) is 11.6. The van der Waals surface area contributed by atoms with E-state index in [0.29, 0.717) is 29.2 Å². The molecule has 0 saturated heterocycles. The number of alkyl halides is 3. The fraction of sp³-hybridized carbons (Fsp3) is 0.118. The number of rotatable bonds is 6. The highest BCUT2D eigenvalue weighted by atomic mass is 32.2. The van der Waals surface area contributed by atoms with Crippen LogP contribution in [0.15, 0.2) is 54.6 Å². The number of nitrogens with two attached hydrogens (primary N) is 1. The van der Waals surface area contributed by atoms with E-state index in [1.807, 2.05) is 0 Å². The van der Waals surface area contributed by atoms with Crippen LogP contribution in [0.2, 0.25) is 0 Å². The molecule has 142 valence electrons. The summed E-state index contributed by atoms with van der Waals surface area (Å²) in [6.45, 7) is -0.804. The number of nitrogens with zero attached hydrogens (tertiary/aromatic N) is 2. The molecular weight excluding hydrogens is 383 g/mol. The predicted molar refractivity (Wildman–Crippen MR) is 93.4 cm³/mol. The third-order valence-electron chi connectivity index (χ3n) is 3.71. The van der Waals surface area contributed by atoms with Crippen LogP contribution in [0.25, 0.3) is 16.9 Å². The Morgan fingerprint density at radius 3 is 2.30 bits per heavy atom. The smallest absolute Gasteiger partial charge is 0.392 e. The second-order valence-corrected chi connectivity index (χ2v) is 5.68. The molecule has 0 fully saturated rings. The van der Waals surface area contributed by atoms with Gasteiger partial charge < -0.3 is 9.99 Å². The highest BCUT2D eigenvalue weighted by molar-refractivity contribution is 7.92. The first-order valence-electron chi connectivity index (χ1n) is 7.61. The van der Waals surface area contributed by atoms with Gasteiger partial charge in [-0.15, -0.1) is 0 Å². The lowest BCUT2D eigenvalue weighted by molar-refractivity contribution is -0.142. The topological polar surface area (TPSA) is 82.5 Å². The third-order valence-corrected chi connectivity index (χ3v) is 3.85. The second-order valence-electron chi connectivity index (χ2n) is 5.35. The van der Waals surface area contributed by atoms with Gasteiger partial charge in [-0.3, -0.25) is 5.14 Å². The maximum atomic E-state index is 13.4.